The molecule has 0 unspecified atom stereocenters. The second-order valence-electron chi connectivity index (χ2n) is 3.64. The number of aromatic nitrogens is 1. The van der Waals surface area contributed by atoms with Crippen LogP contribution in [0.2, 0.25) is 5.02 Å². The van der Waals surface area contributed by atoms with Gasteiger partial charge < -0.3 is 5.32 Å². The number of aryl methyl sites for hydroxylation is 2. The standard InChI is InChI=1S/C12H13ClN2/c1-7-6-11(14-3)15-12-8(2)10(13)5-4-9(7)12/h4-6H,1-3H3,(H,14,15). The Balaban J connectivity index is 2.86. The third-order valence-electron chi connectivity index (χ3n) is 2.63. The number of benzene rings is 1. The van der Waals surface area contributed by atoms with Crippen LogP contribution in [0.25, 0.3) is 10.9 Å². The number of fused-ring (bicyclic) bond motifs is 1. The van der Waals surface area contributed by atoms with Gasteiger partial charge >= 0.3 is 0 Å². The fourth-order valence-corrected chi connectivity index (χ4v) is 1.85. The summed E-state index contributed by atoms with van der Waals surface area (Å²) < 4.78 is 0. The second-order valence-corrected chi connectivity index (χ2v) is 4.05. The normalized spacial score (nSPS) is 10.7. The summed E-state index contributed by atoms with van der Waals surface area (Å²) in [5.41, 5.74) is 3.23. The van der Waals surface area contributed by atoms with Crippen molar-refractivity contribution in [3.8, 4) is 0 Å². The molecule has 2 nitrogen and oxygen atoms in total. The zero-order valence-corrected chi connectivity index (χ0v) is 9.81. The van der Waals surface area contributed by atoms with E-state index in [0.717, 1.165) is 27.3 Å². The zero-order valence-electron chi connectivity index (χ0n) is 9.06. The topological polar surface area (TPSA) is 24.9 Å². The van der Waals surface area contributed by atoms with E-state index in [1.807, 2.05) is 32.2 Å². The van der Waals surface area contributed by atoms with Gasteiger partial charge in [0.1, 0.15) is 5.82 Å². The lowest BCUT2D eigenvalue weighted by atomic mass is 10.1. The van der Waals surface area contributed by atoms with Gasteiger partial charge in [0, 0.05) is 17.5 Å². The highest BCUT2D eigenvalue weighted by Crippen LogP contribution is 2.27. The smallest absolute Gasteiger partial charge is 0.126 e. The fourth-order valence-electron chi connectivity index (χ4n) is 1.70. The molecule has 1 aromatic heterocycles. The highest BCUT2D eigenvalue weighted by atomic mass is 35.5. The molecule has 0 radical (unpaired) electrons. The van der Waals surface area contributed by atoms with Gasteiger partial charge in [0.2, 0.25) is 0 Å². The van der Waals surface area contributed by atoms with Crippen LogP contribution in [0.3, 0.4) is 0 Å². The van der Waals surface area contributed by atoms with Gasteiger partial charge in [0.25, 0.3) is 0 Å². The Kier molecular flexibility index (Phi) is 2.53. The summed E-state index contributed by atoms with van der Waals surface area (Å²) in [5.74, 6) is 0.880. The molecule has 0 spiro atoms. The first kappa shape index (κ1) is 10.2. The van der Waals surface area contributed by atoms with E-state index in [1.54, 1.807) is 0 Å². The number of nitrogens with zero attached hydrogens (tertiary/aromatic N) is 1. The third kappa shape index (κ3) is 1.65. The van der Waals surface area contributed by atoms with Crippen LogP contribution in [0.5, 0.6) is 0 Å². The number of rotatable bonds is 1. The van der Waals surface area contributed by atoms with E-state index in [4.69, 9.17) is 11.6 Å². The minimum Gasteiger partial charge on any atom is -0.373 e. The molecule has 0 amide bonds. The van der Waals surface area contributed by atoms with E-state index in [-0.39, 0.29) is 0 Å². The molecule has 15 heavy (non-hydrogen) atoms. The van der Waals surface area contributed by atoms with Gasteiger partial charge in [0.15, 0.2) is 0 Å². The molecule has 2 aromatic rings. The van der Waals surface area contributed by atoms with E-state index < -0.39 is 0 Å². The van der Waals surface area contributed by atoms with Crippen LogP contribution in [0.1, 0.15) is 11.1 Å². The molecular formula is C12H13ClN2. The van der Waals surface area contributed by atoms with Crippen LogP contribution >= 0.6 is 11.6 Å². The van der Waals surface area contributed by atoms with Crippen LogP contribution in [0.15, 0.2) is 18.2 Å². The Morgan fingerprint density at radius 1 is 1.27 bits per heavy atom. The number of hydrogen-bond acceptors (Lipinski definition) is 2. The Morgan fingerprint density at radius 3 is 2.67 bits per heavy atom. The molecule has 1 N–H and O–H groups in total. The minimum atomic E-state index is 0.766. The fraction of sp³-hybridized carbons (Fsp3) is 0.250. The third-order valence-corrected chi connectivity index (χ3v) is 3.04. The molecule has 1 aromatic carbocycles. The zero-order chi connectivity index (χ0) is 11.0. The maximum Gasteiger partial charge on any atom is 0.126 e. The Hall–Kier alpha value is -1.28. The van der Waals surface area contributed by atoms with E-state index in [0.29, 0.717) is 0 Å². The van der Waals surface area contributed by atoms with Gasteiger partial charge in [-0.3, -0.25) is 0 Å². The molecule has 0 saturated carbocycles. The molecule has 0 aliphatic heterocycles. The van der Waals surface area contributed by atoms with Crippen LogP contribution in [0, 0.1) is 13.8 Å². The minimum absolute atomic E-state index is 0.766. The predicted octanol–water partition coefficient (Wildman–Crippen LogP) is 3.55. The maximum absolute atomic E-state index is 6.08. The lowest BCUT2D eigenvalue weighted by Gasteiger charge is -2.08. The molecule has 0 atom stereocenters. The van der Waals surface area contributed by atoms with E-state index in [2.05, 4.69) is 17.2 Å². The molecular weight excluding hydrogens is 208 g/mol. The van der Waals surface area contributed by atoms with E-state index in [1.165, 1.54) is 5.56 Å². The first-order valence-electron chi connectivity index (χ1n) is 4.87. The van der Waals surface area contributed by atoms with Crippen molar-refractivity contribution in [3.63, 3.8) is 0 Å². The summed E-state index contributed by atoms with van der Waals surface area (Å²) in [4.78, 5) is 4.52. The van der Waals surface area contributed by atoms with Crippen molar-refractivity contribution < 1.29 is 0 Å². The summed E-state index contributed by atoms with van der Waals surface area (Å²) >= 11 is 6.08. The molecule has 0 fully saturated rings. The summed E-state index contributed by atoms with van der Waals surface area (Å²) in [7, 11) is 1.87. The van der Waals surface area contributed by atoms with Crippen LogP contribution in [-0.4, -0.2) is 12.0 Å². The lowest BCUT2D eigenvalue weighted by molar-refractivity contribution is 1.30. The SMILES string of the molecule is CNc1cc(C)c2ccc(Cl)c(C)c2n1. The molecule has 0 saturated heterocycles. The summed E-state index contributed by atoms with van der Waals surface area (Å²) in [5, 5.41) is 4.98. The highest BCUT2D eigenvalue weighted by molar-refractivity contribution is 6.32. The Morgan fingerprint density at radius 2 is 2.00 bits per heavy atom. The number of anilines is 1. The first-order chi connectivity index (χ1) is 7.13. The quantitative estimate of drug-likeness (QED) is 0.795. The summed E-state index contributed by atoms with van der Waals surface area (Å²) in [6.07, 6.45) is 0. The number of hydrogen-bond donors (Lipinski definition) is 1. The van der Waals surface area contributed by atoms with Crippen LogP contribution in [-0.2, 0) is 0 Å². The van der Waals surface area contributed by atoms with Gasteiger partial charge in [-0.25, -0.2) is 4.98 Å². The molecule has 78 valence electrons. The van der Waals surface area contributed by atoms with Gasteiger partial charge in [-0.2, -0.15) is 0 Å². The lowest BCUT2D eigenvalue weighted by Crippen LogP contribution is -1.95. The first-order valence-corrected chi connectivity index (χ1v) is 5.25. The molecule has 0 aliphatic rings. The largest absolute Gasteiger partial charge is 0.373 e. The number of nitrogens with one attached hydrogen (secondary N) is 1. The van der Waals surface area contributed by atoms with Crippen LogP contribution in [0.4, 0.5) is 5.82 Å². The predicted molar refractivity (Wildman–Crippen MR) is 65.8 cm³/mol. The monoisotopic (exact) mass is 220 g/mol. The van der Waals surface area contributed by atoms with Gasteiger partial charge in [-0.1, -0.05) is 17.7 Å². The molecule has 2 rings (SSSR count). The van der Waals surface area contributed by atoms with Crippen molar-refractivity contribution in [3.05, 3.63) is 34.3 Å². The van der Waals surface area contributed by atoms with Crippen molar-refractivity contribution >= 4 is 28.3 Å². The van der Waals surface area contributed by atoms with Crippen molar-refractivity contribution in [1.29, 1.82) is 0 Å². The number of halogens is 1. The molecule has 0 aliphatic carbocycles. The van der Waals surface area contributed by atoms with Crippen LogP contribution < -0.4 is 5.32 Å². The van der Waals surface area contributed by atoms with Gasteiger partial charge in [-0.15, -0.1) is 0 Å². The van der Waals surface area contributed by atoms with E-state index in [9.17, 15) is 0 Å². The average Bonchev–Trinajstić information content (AvgIpc) is 2.23. The Bertz CT molecular complexity index is 521. The van der Waals surface area contributed by atoms with Crippen molar-refractivity contribution in [2.45, 2.75) is 13.8 Å². The summed E-state index contributed by atoms with van der Waals surface area (Å²) in [6, 6.07) is 5.98. The van der Waals surface area contributed by atoms with E-state index >= 15 is 0 Å². The highest BCUT2D eigenvalue weighted by Gasteiger charge is 2.06. The van der Waals surface area contributed by atoms with Crippen molar-refractivity contribution in [1.82, 2.24) is 4.98 Å². The average molecular weight is 221 g/mol. The van der Waals surface area contributed by atoms with Gasteiger partial charge in [-0.05, 0) is 37.1 Å². The molecule has 0 bridgehead atoms. The summed E-state index contributed by atoms with van der Waals surface area (Å²) in [6.45, 7) is 4.08. The maximum atomic E-state index is 6.08. The Labute approximate surface area is 94.3 Å². The van der Waals surface area contributed by atoms with Gasteiger partial charge in [0.05, 0.1) is 5.52 Å². The molecule has 3 heteroatoms. The second kappa shape index (κ2) is 3.70. The number of pyridine rings is 1. The van der Waals surface area contributed by atoms with Crippen molar-refractivity contribution in [2.24, 2.45) is 0 Å². The molecule has 1 heterocycles. The van der Waals surface area contributed by atoms with Crippen molar-refractivity contribution in [2.75, 3.05) is 12.4 Å².